The second-order valence-corrected chi connectivity index (χ2v) is 5.57. The minimum atomic E-state index is 0.285. The average molecular weight is 237 g/mol. The Morgan fingerprint density at radius 2 is 2.06 bits per heavy atom. The second kappa shape index (κ2) is 4.86. The lowest BCUT2D eigenvalue weighted by atomic mass is 9.83. The minimum Gasteiger partial charge on any atom is -0.343 e. The molecule has 89 valence electrons. The lowest BCUT2D eigenvalue weighted by molar-refractivity contribution is 0.566. The van der Waals surface area contributed by atoms with Gasteiger partial charge in [0.2, 0.25) is 0 Å². The molecule has 1 saturated heterocycles. The van der Waals surface area contributed by atoms with Crippen LogP contribution in [0.15, 0.2) is 11.8 Å². The number of nitrogens with one attached hydrogen (secondary N) is 1. The third-order valence-corrected chi connectivity index (χ3v) is 4.48. The molecule has 0 aliphatic carbocycles. The molecule has 0 aromatic heterocycles. The fraction of sp³-hybridized carbons (Fsp3) is 0.750. The van der Waals surface area contributed by atoms with Gasteiger partial charge in [0.1, 0.15) is 7.28 Å². The zero-order valence-electron chi connectivity index (χ0n) is 10.7. The highest BCUT2D eigenvalue weighted by atomic mass is 32.1. The molecule has 2 nitrogen and oxygen atoms in total. The number of thiol groups is 1. The van der Waals surface area contributed by atoms with Gasteiger partial charge in [-0.2, -0.15) is 12.6 Å². The molecule has 1 heterocycles. The van der Waals surface area contributed by atoms with Crippen molar-refractivity contribution in [2.45, 2.75) is 44.2 Å². The van der Waals surface area contributed by atoms with Crippen LogP contribution < -0.4 is 0 Å². The van der Waals surface area contributed by atoms with Gasteiger partial charge in [0.05, 0.1) is 6.34 Å². The van der Waals surface area contributed by atoms with Gasteiger partial charge in [0, 0.05) is 13.2 Å². The lowest BCUT2D eigenvalue weighted by Crippen LogP contribution is -2.09. The average Bonchev–Trinajstić information content (AvgIpc) is 2.80. The van der Waals surface area contributed by atoms with Crippen LogP contribution in [-0.4, -0.2) is 31.3 Å². The highest BCUT2D eigenvalue weighted by molar-refractivity contribution is 7.80. The van der Waals surface area contributed by atoms with Crippen molar-refractivity contribution < 1.29 is 0 Å². The number of hydrogen-bond acceptors (Lipinski definition) is 2. The smallest absolute Gasteiger partial charge is 0.126 e. The fourth-order valence-electron chi connectivity index (χ4n) is 2.21. The first-order valence-corrected chi connectivity index (χ1v) is 6.44. The largest absolute Gasteiger partial charge is 0.343 e. The van der Waals surface area contributed by atoms with E-state index in [1.807, 2.05) is 11.9 Å². The second-order valence-electron chi connectivity index (χ2n) is 5.25. The highest BCUT2D eigenvalue weighted by Gasteiger charge is 2.60. The van der Waals surface area contributed by atoms with Crippen LogP contribution in [0.5, 0.6) is 0 Å². The zero-order valence-corrected chi connectivity index (χ0v) is 11.6. The van der Waals surface area contributed by atoms with Crippen LogP contribution in [-0.2, 0) is 0 Å². The van der Waals surface area contributed by atoms with Gasteiger partial charge in [-0.3, -0.25) is 5.41 Å². The lowest BCUT2D eigenvalue weighted by Gasteiger charge is -2.21. The van der Waals surface area contributed by atoms with E-state index in [9.17, 15) is 0 Å². The summed E-state index contributed by atoms with van der Waals surface area (Å²) in [4.78, 5) is 1.81. The van der Waals surface area contributed by atoms with Gasteiger partial charge in [0.15, 0.2) is 0 Å². The molecule has 1 aliphatic rings. The molecule has 0 aromatic carbocycles. The Balaban J connectivity index is 2.66. The normalized spacial score (nSPS) is 33.2. The van der Waals surface area contributed by atoms with E-state index in [4.69, 9.17) is 5.41 Å². The Labute approximate surface area is 106 Å². The molecule has 0 bridgehead atoms. The number of nitrogens with zero attached hydrogens (tertiary/aromatic N) is 1. The SMILES string of the molecule is CC/C(=C\N(C)C=N)CC1(C)[B]C1(C)CS. The zero-order chi connectivity index (χ0) is 12.4. The van der Waals surface area contributed by atoms with Crippen LogP contribution in [0.3, 0.4) is 0 Å². The van der Waals surface area contributed by atoms with E-state index in [0.717, 1.165) is 18.6 Å². The summed E-state index contributed by atoms with van der Waals surface area (Å²) >= 11 is 4.42. The van der Waals surface area contributed by atoms with Gasteiger partial charge in [0.25, 0.3) is 0 Å². The van der Waals surface area contributed by atoms with Crippen molar-refractivity contribution in [1.82, 2.24) is 4.90 Å². The van der Waals surface area contributed by atoms with E-state index < -0.39 is 0 Å². The minimum absolute atomic E-state index is 0.285. The maximum atomic E-state index is 7.17. The molecule has 1 radical (unpaired) electrons. The molecule has 0 spiro atoms. The molecule has 16 heavy (non-hydrogen) atoms. The predicted octanol–water partition coefficient (Wildman–Crippen LogP) is 3.21. The molecule has 0 amide bonds. The molecular weight excluding hydrogens is 215 g/mol. The Kier molecular flexibility index (Phi) is 4.16. The highest BCUT2D eigenvalue weighted by Crippen LogP contribution is 2.71. The van der Waals surface area contributed by atoms with Crippen LogP contribution in [0.25, 0.3) is 0 Å². The Bertz CT molecular complexity index is 305. The van der Waals surface area contributed by atoms with Gasteiger partial charge in [-0.05, 0) is 18.6 Å². The van der Waals surface area contributed by atoms with Crippen LogP contribution in [0, 0.1) is 5.41 Å². The third kappa shape index (κ3) is 2.65. The Hall–Kier alpha value is -0.375. The van der Waals surface area contributed by atoms with Gasteiger partial charge >= 0.3 is 0 Å². The van der Waals surface area contributed by atoms with Crippen molar-refractivity contribution in [3.63, 3.8) is 0 Å². The number of allylic oxidation sites excluding steroid dienone is 1. The molecular formula is C12H22BN2S. The summed E-state index contributed by atoms with van der Waals surface area (Å²) in [6, 6.07) is 0. The van der Waals surface area contributed by atoms with E-state index in [-0.39, 0.29) is 5.31 Å². The van der Waals surface area contributed by atoms with Crippen LogP contribution in [0.1, 0.15) is 33.6 Å². The molecule has 1 aliphatic heterocycles. The van der Waals surface area contributed by atoms with Gasteiger partial charge in [-0.25, -0.2) is 0 Å². The van der Waals surface area contributed by atoms with E-state index >= 15 is 0 Å². The van der Waals surface area contributed by atoms with E-state index in [1.165, 1.54) is 11.9 Å². The Morgan fingerprint density at radius 3 is 2.44 bits per heavy atom. The van der Waals surface area contributed by atoms with Crippen molar-refractivity contribution in [3.8, 4) is 0 Å². The van der Waals surface area contributed by atoms with Gasteiger partial charge in [-0.15, -0.1) is 0 Å². The Morgan fingerprint density at radius 1 is 1.44 bits per heavy atom. The molecule has 1 fully saturated rings. The summed E-state index contributed by atoms with van der Waals surface area (Å²) < 4.78 is 0. The first-order chi connectivity index (χ1) is 7.40. The van der Waals surface area contributed by atoms with Crippen LogP contribution in [0.4, 0.5) is 0 Å². The van der Waals surface area contributed by atoms with E-state index in [1.54, 1.807) is 0 Å². The standard InChI is InChI=1S/C12H22BN2S/c1-5-10(7-15(4)9-14)6-11(2)12(3,8-16)13-11/h7,9,14,16H,5-6,8H2,1-4H3/b10-7+,14-9?. The maximum absolute atomic E-state index is 7.17. The van der Waals surface area contributed by atoms with Gasteiger partial charge < -0.3 is 4.90 Å². The van der Waals surface area contributed by atoms with Crippen LogP contribution >= 0.6 is 12.6 Å². The molecule has 4 heteroatoms. The summed E-state index contributed by atoms with van der Waals surface area (Å²) in [5, 5.41) is 7.75. The molecule has 2 unspecified atom stereocenters. The summed E-state index contributed by atoms with van der Waals surface area (Å²) in [5.74, 6) is 0.918. The first-order valence-electron chi connectivity index (χ1n) is 5.81. The summed E-state index contributed by atoms with van der Waals surface area (Å²) in [6.45, 7) is 6.75. The van der Waals surface area contributed by atoms with Crippen molar-refractivity contribution >= 4 is 26.2 Å². The number of hydrogen-bond donors (Lipinski definition) is 2. The van der Waals surface area contributed by atoms with Crippen molar-refractivity contribution in [2.24, 2.45) is 0 Å². The monoisotopic (exact) mass is 237 g/mol. The van der Waals surface area contributed by atoms with E-state index in [0.29, 0.717) is 5.31 Å². The number of rotatable bonds is 6. The topological polar surface area (TPSA) is 27.1 Å². The summed E-state index contributed by atoms with van der Waals surface area (Å²) in [7, 11) is 4.31. The third-order valence-electron chi connectivity index (χ3n) is 3.83. The molecule has 1 N–H and O–H groups in total. The van der Waals surface area contributed by atoms with Crippen molar-refractivity contribution in [1.29, 1.82) is 5.41 Å². The van der Waals surface area contributed by atoms with Crippen molar-refractivity contribution in [3.05, 3.63) is 11.8 Å². The molecule has 0 aromatic rings. The summed E-state index contributed by atoms with van der Waals surface area (Å²) in [5.41, 5.74) is 1.40. The first kappa shape index (κ1) is 13.7. The summed E-state index contributed by atoms with van der Waals surface area (Å²) in [6.07, 6.45) is 5.54. The van der Waals surface area contributed by atoms with Crippen LogP contribution in [0.2, 0.25) is 10.6 Å². The van der Waals surface area contributed by atoms with Gasteiger partial charge in [-0.1, -0.05) is 37.0 Å². The van der Waals surface area contributed by atoms with Crippen molar-refractivity contribution in [2.75, 3.05) is 12.8 Å². The predicted molar refractivity (Wildman–Crippen MR) is 75.9 cm³/mol. The van der Waals surface area contributed by atoms with E-state index in [2.05, 4.69) is 46.9 Å². The quantitative estimate of drug-likeness (QED) is 0.315. The maximum Gasteiger partial charge on any atom is 0.126 e. The molecule has 0 saturated carbocycles. The molecule has 2 atom stereocenters. The molecule has 1 rings (SSSR count). The fourth-order valence-corrected chi connectivity index (χ4v) is 2.66.